The summed E-state index contributed by atoms with van der Waals surface area (Å²) in [6.07, 6.45) is 0. The lowest BCUT2D eigenvalue weighted by Gasteiger charge is -2.40. The fourth-order valence-corrected chi connectivity index (χ4v) is 8.87. The highest BCUT2D eigenvalue weighted by Crippen LogP contribution is 2.44. The van der Waals surface area contributed by atoms with E-state index in [-0.39, 0.29) is 12.1 Å². The topological polar surface area (TPSA) is 41.5 Å². The van der Waals surface area contributed by atoms with Crippen molar-refractivity contribution in [2.45, 2.75) is 26.2 Å². The maximum Gasteiger partial charge on any atom is 0.260 e. The lowest BCUT2D eigenvalue weighted by Crippen LogP contribution is -2.60. The van der Waals surface area contributed by atoms with Gasteiger partial charge in [-0.25, -0.2) is 9.97 Å². The van der Waals surface area contributed by atoms with Crippen LogP contribution in [0.1, 0.15) is 26.3 Å². The van der Waals surface area contributed by atoms with Crippen LogP contribution in [0.4, 0.5) is 34.4 Å². The fraction of sp³-hybridized carbons (Fsp3) is 0.0769. The molecule has 0 atom stereocenters. The summed E-state index contributed by atoms with van der Waals surface area (Å²) in [6.45, 7) is 6.62. The Kier molecular flexibility index (Phi) is 7.77. The van der Waals surface area contributed by atoms with Crippen molar-refractivity contribution in [2.75, 3.05) is 9.80 Å². The minimum Gasteiger partial charge on any atom is -0.440 e. The molecule has 58 heavy (non-hydrogen) atoms. The zero-order valence-electron chi connectivity index (χ0n) is 32.6. The smallest absolute Gasteiger partial charge is 0.260 e. The molecule has 2 aliphatic rings. The summed E-state index contributed by atoms with van der Waals surface area (Å²) < 4.78 is 7.06. The van der Waals surface area contributed by atoms with Crippen LogP contribution in [-0.2, 0) is 5.41 Å². The molecule has 0 saturated carbocycles. The Hall–Kier alpha value is -7.18. The van der Waals surface area contributed by atoms with Crippen molar-refractivity contribution < 1.29 is 4.74 Å². The number of para-hydroxylation sites is 3. The molecule has 4 heterocycles. The van der Waals surface area contributed by atoms with E-state index in [4.69, 9.17) is 14.7 Å². The average Bonchev–Trinajstić information content (AvgIpc) is 3.26. The highest BCUT2D eigenvalue weighted by atomic mass is 16.5. The summed E-state index contributed by atoms with van der Waals surface area (Å²) in [5.74, 6) is 3.17. The highest BCUT2D eigenvalue weighted by molar-refractivity contribution is 6.99. The summed E-state index contributed by atoms with van der Waals surface area (Å²) in [7, 11) is 0. The van der Waals surface area contributed by atoms with Gasteiger partial charge in [-0.15, -0.1) is 0 Å². The molecule has 0 radical (unpaired) electrons. The first kappa shape index (κ1) is 34.1. The standard InChI is InChI=1S/C52H39BN4O/c1-52(2,3)36-32-45-49-46(33-36)58-51-43(27-29-44(54-51)48-40-25-15-13-17-34(40)31-35-18-14-16-26-41(35)48)53(49)42-28-30-47(55-50(42)57(45)39-23-11-6-12-24-39)56(37-19-7-4-8-20-37)38-21-9-5-10-22-38/h4-33H,1-3H3. The second kappa shape index (κ2) is 13.2. The van der Waals surface area contributed by atoms with Gasteiger partial charge < -0.3 is 4.74 Å². The SMILES string of the molecule is CC(C)(C)c1cc2c3c(c1)N(c1ccccc1)c1nc(N(c4ccccc4)c4ccccc4)ccc1B3c1ccc(-c3c4ccccc4cc4ccccc34)nc1O2. The maximum atomic E-state index is 7.06. The Balaban J connectivity index is 1.17. The molecule has 0 unspecified atom stereocenters. The number of hydrogen-bond acceptors (Lipinski definition) is 5. The lowest BCUT2D eigenvalue weighted by atomic mass is 9.34. The minimum atomic E-state index is -0.160. The molecule has 9 aromatic rings. The molecule has 11 rings (SSSR count). The molecule has 276 valence electrons. The Labute approximate surface area is 338 Å². The van der Waals surface area contributed by atoms with Crippen LogP contribution in [0.25, 0.3) is 32.8 Å². The van der Waals surface area contributed by atoms with Gasteiger partial charge in [0.05, 0.1) is 5.69 Å². The van der Waals surface area contributed by atoms with Crippen LogP contribution in [0.15, 0.2) is 182 Å². The van der Waals surface area contributed by atoms with Gasteiger partial charge in [0.25, 0.3) is 6.71 Å². The van der Waals surface area contributed by atoms with Crippen molar-refractivity contribution in [1.29, 1.82) is 0 Å². The zero-order valence-corrected chi connectivity index (χ0v) is 32.6. The monoisotopic (exact) mass is 746 g/mol. The third-order valence-electron chi connectivity index (χ3n) is 11.6. The Morgan fingerprint density at radius 2 is 1.16 bits per heavy atom. The molecule has 0 N–H and O–H groups in total. The Morgan fingerprint density at radius 3 is 1.79 bits per heavy atom. The van der Waals surface area contributed by atoms with Gasteiger partial charge in [-0.3, -0.25) is 9.80 Å². The number of fused-ring (bicyclic) bond motifs is 6. The number of benzene rings is 7. The van der Waals surface area contributed by atoms with Crippen molar-refractivity contribution in [2.24, 2.45) is 0 Å². The molecule has 0 aliphatic carbocycles. The molecule has 0 saturated heterocycles. The van der Waals surface area contributed by atoms with E-state index in [1.807, 2.05) is 0 Å². The van der Waals surface area contributed by atoms with Gasteiger partial charge in [0.15, 0.2) is 0 Å². The average molecular weight is 747 g/mol. The summed E-state index contributed by atoms with van der Waals surface area (Å²) in [4.78, 5) is 15.7. The van der Waals surface area contributed by atoms with Crippen molar-refractivity contribution in [3.8, 4) is 22.9 Å². The fourth-order valence-electron chi connectivity index (χ4n) is 8.87. The molecule has 0 bridgehead atoms. The van der Waals surface area contributed by atoms with Gasteiger partial charge in [-0.1, -0.05) is 136 Å². The molecule has 6 heteroatoms. The minimum absolute atomic E-state index is 0.156. The van der Waals surface area contributed by atoms with Gasteiger partial charge in [0.1, 0.15) is 17.4 Å². The van der Waals surface area contributed by atoms with Crippen molar-refractivity contribution in [1.82, 2.24) is 9.97 Å². The van der Waals surface area contributed by atoms with Crippen LogP contribution in [0, 0.1) is 0 Å². The van der Waals surface area contributed by atoms with E-state index in [2.05, 4.69) is 213 Å². The third kappa shape index (κ3) is 5.47. The first-order chi connectivity index (χ1) is 28.4. The van der Waals surface area contributed by atoms with Gasteiger partial charge in [0, 0.05) is 28.3 Å². The number of pyridine rings is 2. The molecule has 2 aliphatic heterocycles. The largest absolute Gasteiger partial charge is 0.440 e. The molecule has 0 fully saturated rings. The second-order valence-electron chi connectivity index (χ2n) is 16.2. The number of anilines is 6. The van der Waals surface area contributed by atoms with Crippen LogP contribution in [0.3, 0.4) is 0 Å². The quantitative estimate of drug-likeness (QED) is 0.130. The van der Waals surface area contributed by atoms with E-state index in [0.717, 1.165) is 67.8 Å². The molecule has 7 aromatic carbocycles. The second-order valence-corrected chi connectivity index (χ2v) is 16.2. The Morgan fingerprint density at radius 1 is 0.569 bits per heavy atom. The van der Waals surface area contributed by atoms with Crippen LogP contribution in [0.2, 0.25) is 0 Å². The van der Waals surface area contributed by atoms with Crippen LogP contribution >= 0.6 is 0 Å². The molecular weight excluding hydrogens is 707 g/mol. The van der Waals surface area contributed by atoms with E-state index >= 15 is 0 Å². The summed E-state index contributed by atoms with van der Waals surface area (Å²) in [5.41, 5.74) is 10.4. The maximum absolute atomic E-state index is 7.06. The van der Waals surface area contributed by atoms with Crippen LogP contribution < -0.4 is 30.9 Å². The number of nitrogens with zero attached hydrogens (tertiary/aromatic N) is 4. The predicted molar refractivity (Wildman–Crippen MR) is 242 cm³/mol. The first-order valence-corrected chi connectivity index (χ1v) is 20.0. The molecular formula is C52H39BN4O. The van der Waals surface area contributed by atoms with Gasteiger partial charge in [-0.05, 0) is 116 Å². The highest BCUT2D eigenvalue weighted by Gasteiger charge is 2.44. The summed E-state index contributed by atoms with van der Waals surface area (Å²) >= 11 is 0. The first-order valence-electron chi connectivity index (χ1n) is 20.0. The lowest BCUT2D eigenvalue weighted by molar-refractivity contribution is 0.465. The normalized spacial score (nSPS) is 12.8. The predicted octanol–water partition coefficient (Wildman–Crippen LogP) is 11.6. The van der Waals surface area contributed by atoms with Crippen LogP contribution in [-0.4, -0.2) is 16.7 Å². The third-order valence-corrected chi connectivity index (χ3v) is 11.6. The number of rotatable bonds is 5. The van der Waals surface area contributed by atoms with E-state index in [1.54, 1.807) is 0 Å². The van der Waals surface area contributed by atoms with Crippen molar-refractivity contribution in [3.05, 3.63) is 188 Å². The van der Waals surface area contributed by atoms with Crippen molar-refractivity contribution >= 4 is 79.0 Å². The molecule has 0 amide bonds. The van der Waals surface area contributed by atoms with E-state index in [0.29, 0.717) is 5.88 Å². The van der Waals surface area contributed by atoms with Gasteiger partial charge in [0.2, 0.25) is 5.88 Å². The van der Waals surface area contributed by atoms with Gasteiger partial charge >= 0.3 is 0 Å². The summed E-state index contributed by atoms with van der Waals surface area (Å²) in [6, 6.07) is 64.4. The molecule has 5 nitrogen and oxygen atoms in total. The Bertz CT molecular complexity index is 2940. The van der Waals surface area contributed by atoms with E-state index in [1.165, 1.54) is 27.1 Å². The van der Waals surface area contributed by atoms with E-state index in [9.17, 15) is 0 Å². The molecule has 0 spiro atoms. The number of ether oxygens (including phenoxy) is 1. The number of aromatic nitrogens is 2. The van der Waals surface area contributed by atoms with Gasteiger partial charge in [-0.2, -0.15) is 0 Å². The summed E-state index contributed by atoms with van der Waals surface area (Å²) in [5, 5.41) is 4.71. The van der Waals surface area contributed by atoms with E-state index < -0.39 is 0 Å². The zero-order chi connectivity index (χ0) is 39.0. The van der Waals surface area contributed by atoms with Crippen LogP contribution in [0.5, 0.6) is 11.6 Å². The number of hydrogen-bond donors (Lipinski definition) is 0. The van der Waals surface area contributed by atoms with Crippen molar-refractivity contribution in [3.63, 3.8) is 0 Å². The molecule has 2 aromatic heterocycles.